The lowest BCUT2D eigenvalue weighted by atomic mass is 10.1. The number of benzene rings is 2. The van der Waals surface area contributed by atoms with Crippen molar-refractivity contribution in [2.75, 3.05) is 13.1 Å². The third kappa shape index (κ3) is 7.10. The Morgan fingerprint density at radius 3 is 2.11 bits per heavy atom. The summed E-state index contributed by atoms with van der Waals surface area (Å²) in [4.78, 5) is 14.9. The van der Waals surface area contributed by atoms with Crippen molar-refractivity contribution in [3.63, 3.8) is 0 Å². The lowest BCUT2D eigenvalue weighted by molar-refractivity contribution is -0.122. The molecule has 2 aromatic carbocycles. The number of carbonyl (C=O) groups excluding carboxylic acids is 1. The van der Waals surface area contributed by atoms with Gasteiger partial charge in [0.2, 0.25) is 5.91 Å². The second-order valence-corrected chi connectivity index (χ2v) is 7.07. The molecule has 28 heavy (non-hydrogen) atoms. The van der Waals surface area contributed by atoms with E-state index >= 15 is 0 Å². The van der Waals surface area contributed by atoms with Crippen LogP contribution in [0.4, 0.5) is 0 Å². The molecule has 3 N–H and O–H groups in total. The monoisotopic (exact) mass is 423 g/mol. The van der Waals surface area contributed by atoms with Gasteiger partial charge in [-0.05, 0) is 42.6 Å². The maximum atomic E-state index is 12.4. The Hall–Kier alpha value is -1.59. The van der Waals surface area contributed by atoms with Gasteiger partial charge in [-0.25, -0.2) is 0 Å². The third-order valence-electron chi connectivity index (χ3n) is 5.11. The van der Waals surface area contributed by atoms with E-state index in [0.717, 1.165) is 12.1 Å². The molecule has 0 aromatic heterocycles. The largest absolute Gasteiger partial charge is 0.350 e. The standard InChI is InChI=1S/C22H29N3O.2ClH/c23-21(18-10-4-3-5-11-18)22(26)24-16-19-12-6-7-13-20(19)17-25-14-8-1-2-9-15-25;;/h3-7,10-13,21H,1-2,8-9,14-17,23H2,(H,24,26);2*1H. The van der Waals surface area contributed by atoms with Crippen LogP contribution in [0.1, 0.15) is 48.4 Å². The summed E-state index contributed by atoms with van der Waals surface area (Å²) in [7, 11) is 0. The van der Waals surface area contributed by atoms with Gasteiger partial charge in [-0.2, -0.15) is 0 Å². The molecule has 0 bridgehead atoms. The molecule has 1 aliphatic rings. The van der Waals surface area contributed by atoms with Crippen molar-refractivity contribution >= 4 is 30.7 Å². The summed E-state index contributed by atoms with van der Waals surface area (Å²) in [5, 5.41) is 3.00. The Balaban J connectivity index is 0.00000196. The fourth-order valence-corrected chi connectivity index (χ4v) is 3.52. The van der Waals surface area contributed by atoms with Gasteiger partial charge >= 0.3 is 0 Å². The summed E-state index contributed by atoms with van der Waals surface area (Å²) < 4.78 is 0. The van der Waals surface area contributed by atoms with E-state index in [-0.39, 0.29) is 30.7 Å². The number of hydrogen-bond donors (Lipinski definition) is 2. The van der Waals surface area contributed by atoms with E-state index < -0.39 is 6.04 Å². The van der Waals surface area contributed by atoms with Crippen molar-refractivity contribution < 1.29 is 4.79 Å². The Bertz CT molecular complexity index is 704. The molecule has 6 heteroatoms. The molecule has 1 fully saturated rings. The minimum atomic E-state index is -0.631. The number of nitrogens with one attached hydrogen (secondary N) is 1. The molecular formula is C22H31Cl2N3O. The van der Waals surface area contributed by atoms with Gasteiger partial charge in [0.25, 0.3) is 0 Å². The van der Waals surface area contributed by atoms with Crippen LogP contribution >= 0.6 is 24.8 Å². The molecule has 2 aromatic rings. The number of amides is 1. The molecule has 1 heterocycles. The van der Waals surface area contributed by atoms with E-state index in [1.807, 2.05) is 36.4 Å². The number of rotatable bonds is 6. The first kappa shape index (κ1) is 24.4. The van der Waals surface area contributed by atoms with Gasteiger partial charge < -0.3 is 11.1 Å². The normalized spacial score (nSPS) is 15.5. The fourth-order valence-electron chi connectivity index (χ4n) is 3.52. The number of nitrogens with zero attached hydrogens (tertiary/aromatic N) is 1. The predicted molar refractivity (Wildman–Crippen MR) is 120 cm³/mol. The van der Waals surface area contributed by atoms with E-state index in [4.69, 9.17) is 5.73 Å². The fraction of sp³-hybridized carbons (Fsp3) is 0.409. The molecule has 4 nitrogen and oxygen atoms in total. The summed E-state index contributed by atoms with van der Waals surface area (Å²) in [5.74, 6) is -0.138. The molecule has 1 unspecified atom stereocenters. The molecular weight excluding hydrogens is 393 g/mol. The minimum absolute atomic E-state index is 0. The molecule has 0 aliphatic carbocycles. The lowest BCUT2D eigenvalue weighted by Crippen LogP contribution is -2.34. The van der Waals surface area contributed by atoms with Crippen LogP contribution in [0, 0.1) is 0 Å². The van der Waals surface area contributed by atoms with Crippen molar-refractivity contribution in [3.05, 3.63) is 71.3 Å². The van der Waals surface area contributed by atoms with Gasteiger partial charge in [0.05, 0.1) is 0 Å². The van der Waals surface area contributed by atoms with E-state index in [0.29, 0.717) is 6.54 Å². The molecule has 0 spiro atoms. The molecule has 3 rings (SSSR count). The highest BCUT2D eigenvalue weighted by Gasteiger charge is 2.16. The predicted octanol–water partition coefficient (Wildman–Crippen LogP) is 4.22. The SMILES string of the molecule is Cl.Cl.NC(C(=O)NCc1ccccc1CN1CCCCCC1)c1ccccc1. The van der Waals surface area contributed by atoms with Crippen LogP contribution in [0.3, 0.4) is 0 Å². The van der Waals surface area contributed by atoms with Crippen LogP contribution in [0.25, 0.3) is 0 Å². The zero-order valence-electron chi connectivity index (χ0n) is 16.2. The molecule has 0 radical (unpaired) electrons. The van der Waals surface area contributed by atoms with E-state index in [1.165, 1.54) is 49.9 Å². The van der Waals surface area contributed by atoms with Gasteiger partial charge in [-0.3, -0.25) is 9.69 Å². The van der Waals surface area contributed by atoms with Gasteiger partial charge in [0, 0.05) is 13.1 Å². The average Bonchev–Trinajstić information content (AvgIpc) is 2.96. The number of likely N-dealkylation sites (tertiary alicyclic amines) is 1. The van der Waals surface area contributed by atoms with E-state index in [2.05, 4.69) is 28.4 Å². The summed E-state index contributed by atoms with van der Waals surface area (Å²) in [5.41, 5.74) is 9.39. The first-order valence-electron chi connectivity index (χ1n) is 9.61. The summed E-state index contributed by atoms with van der Waals surface area (Å²) in [6.07, 6.45) is 5.24. The van der Waals surface area contributed by atoms with E-state index in [9.17, 15) is 4.79 Å². The second kappa shape index (κ2) is 12.8. The number of nitrogens with two attached hydrogens (primary N) is 1. The van der Waals surface area contributed by atoms with Crippen molar-refractivity contribution in [2.45, 2.75) is 44.8 Å². The van der Waals surface area contributed by atoms with Crippen molar-refractivity contribution in [1.82, 2.24) is 10.2 Å². The Kier molecular flexibility index (Phi) is 11.2. The minimum Gasteiger partial charge on any atom is -0.350 e. The van der Waals surface area contributed by atoms with Crippen LogP contribution in [0.15, 0.2) is 54.6 Å². The lowest BCUT2D eigenvalue weighted by Gasteiger charge is -2.22. The highest BCUT2D eigenvalue weighted by Crippen LogP contribution is 2.17. The highest BCUT2D eigenvalue weighted by molar-refractivity contribution is 5.85. The van der Waals surface area contributed by atoms with Crippen LogP contribution in [-0.2, 0) is 17.9 Å². The van der Waals surface area contributed by atoms with Crippen LogP contribution < -0.4 is 11.1 Å². The van der Waals surface area contributed by atoms with E-state index in [1.54, 1.807) is 0 Å². The second-order valence-electron chi connectivity index (χ2n) is 7.07. The van der Waals surface area contributed by atoms with Crippen LogP contribution in [0.5, 0.6) is 0 Å². The summed E-state index contributed by atoms with van der Waals surface area (Å²) in [6.45, 7) is 3.80. The van der Waals surface area contributed by atoms with Crippen molar-refractivity contribution in [3.8, 4) is 0 Å². The van der Waals surface area contributed by atoms with Crippen LogP contribution in [-0.4, -0.2) is 23.9 Å². The average molecular weight is 424 g/mol. The van der Waals surface area contributed by atoms with Gasteiger partial charge in [0.15, 0.2) is 0 Å². The summed E-state index contributed by atoms with van der Waals surface area (Å²) in [6, 6.07) is 17.2. The topological polar surface area (TPSA) is 58.4 Å². The zero-order chi connectivity index (χ0) is 18.2. The Morgan fingerprint density at radius 2 is 1.46 bits per heavy atom. The number of halogens is 2. The zero-order valence-corrected chi connectivity index (χ0v) is 17.8. The maximum Gasteiger partial charge on any atom is 0.241 e. The van der Waals surface area contributed by atoms with Gasteiger partial charge in [-0.15, -0.1) is 24.8 Å². The number of carbonyl (C=O) groups is 1. The maximum absolute atomic E-state index is 12.4. The molecule has 1 aliphatic heterocycles. The quantitative estimate of drug-likeness (QED) is 0.730. The smallest absolute Gasteiger partial charge is 0.241 e. The molecule has 154 valence electrons. The molecule has 1 atom stereocenters. The van der Waals surface area contributed by atoms with Crippen LogP contribution in [0.2, 0.25) is 0 Å². The van der Waals surface area contributed by atoms with Crippen molar-refractivity contribution in [1.29, 1.82) is 0 Å². The third-order valence-corrected chi connectivity index (χ3v) is 5.11. The Labute approximate surface area is 180 Å². The number of hydrogen-bond acceptors (Lipinski definition) is 3. The Morgan fingerprint density at radius 1 is 0.893 bits per heavy atom. The molecule has 1 amide bonds. The first-order chi connectivity index (χ1) is 12.7. The molecule has 0 saturated carbocycles. The summed E-state index contributed by atoms with van der Waals surface area (Å²) >= 11 is 0. The van der Waals surface area contributed by atoms with Crippen molar-refractivity contribution in [2.24, 2.45) is 5.73 Å². The molecule has 1 saturated heterocycles. The van der Waals surface area contributed by atoms with Gasteiger partial charge in [0.1, 0.15) is 6.04 Å². The first-order valence-corrected chi connectivity index (χ1v) is 9.61. The highest BCUT2D eigenvalue weighted by atomic mass is 35.5. The van der Waals surface area contributed by atoms with Gasteiger partial charge in [-0.1, -0.05) is 67.4 Å².